The predicted molar refractivity (Wildman–Crippen MR) is 140 cm³/mol. The summed E-state index contributed by atoms with van der Waals surface area (Å²) in [7, 11) is 0. The summed E-state index contributed by atoms with van der Waals surface area (Å²) in [5.74, 6) is 0. The molecule has 2 aliphatic carbocycles. The largest absolute Gasteiger partial charge is 0.289 e. The topological polar surface area (TPSA) is 43.1 Å². The third kappa shape index (κ3) is 2.11. The molecule has 3 aromatic carbocycles. The van der Waals surface area contributed by atoms with Crippen molar-refractivity contribution >= 4 is 38.6 Å². The van der Waals surface area contributed by atoms with E-state index in [4.69, 9.17) is 9.97 Å². The Bertz CT molecular complexity index is 2070. The lowest BCUT2D eigenvalue weighted by Gasteiger charge is -2.10. The van der Waals surface area contributed by atoms with Gasteiger partial charge in [-0.05, 0) is 82.1 Å². The number of imidazole rings is 1. The Hall–Kier alpha value is -4.57. The lowest BCUT2D eigenvalue weighted by atomic mass is 9.96. The van der Waals surface area contributed by atoms with E-state index in [1.54, 1.807) is 0 Å². The first-order chi connectivity index (χ1) is 17.4. The van der Waals surface area contributed by atoms with Crippen LogP contribution in [0.1, 0.15) is 22.3 Å². The molecule has 0 unspecified atom stereocenters. The molecule has 4 nitrogen and oxygen atoms in total. The molecule has 0 aliphatic heterocycles. The summed E-state index contributed by atoms with van der Waals surface area (Å²) in [5.41, 5.74) is 17.2. The maximum absolute atomic E-state index is 5.14. The van der Waals surface area contributed by atoms with Crippen molar-refractivity contribution < 1.29 is 0 Å². The van der Waals surface area contributed by atoms with E-state index in [0.717, 1.165) is 45.9 Å². The summed E-state index contributed by atoms with van der Waals surface area (Å²) in [6.07, 6.45) is 5.67. The summed E-state index contributed by atoms with van der Waals surface area (Å²) in [6.45, 7) is 0. The maximum atomic E-state index is 5.14. The molecule has 4 heteroatoms. The van der Waals surface area contributed by atoms with Gasteiger partial charge in [0, 0.05) is 23.3 Å². The highest BCUT2D eigenvalue weighted by Crippen LogP contribution is 2.48. The molecule has 0 saturated carbocycles. The molecule has 4 heterocycles. The Morgan fingerprint density at radius 3 is 2.40 bits per heavy atom. The van der Waals surface area contributed by atoms with Crippen LogP contribution in [0.25, 0.3) is 60.9 Å². The Labute approximate surface area is 200 Å². The van der Waals surface area contributed by atoms with Crippen molar-refractivity contribution in [2.45, 2.75) is 12.8 Å². The highest BCUT2D eigenvalue weighted by molar-refractivity contribution is 6.12. The summed E-state index contributed by atoms with van der Waals surface area (Å²) in [5, 5.41) is 1.03. The standard InChI is InChI=1S/C31H18N4/c1-2-6-19-17(5-1)15-23-20(19)10-11-21-24(23)16-18-9-12-25-30(27(18)21)35-26-8-4-14-33-29(26)28-22(31(35)34-25)7-3-13-32-28/h1-14H,15-16H2. The van der Waals surface area contributed by atoms with Gasteiger partial charge in [-0.2, -0.15) is 0 Å². The highest BCUT2D eigenvalue weighted by Gasteiger charge is 2.30. The first-order valence-corrected chi connectivity index (χ1v) is 12.1. The van der Waals surface area contributed by atoms with Crippen LogP contribution in [0.2, 0.25) is 0 Å². The van der Waals surface area contributed by atoms with Gasteiger partial charge in [-0.25, -0.2) is 4.98 Å². The molecule has 35 heavy (non-hydrogen) atoms. The van der Waals surface area contributed by atoms with Crippen LogP contribution in [0, 0.1) is 0 Å². The van der Waals surface area contributed by atoms with Crippen LogP contribution in [0.3, 0.4) is 0 Å². The summed E-state index contributed by atoms with van der Waals surface area (Å²) < 4.78 is 2.32. The number of benzene rings is 3. The van der Waals surface area contributed by atoms with Crippen molar-refractivity contribution in [3.8, 4) is 22.3 Å². The summed E-state index contributed by atoms with van der Waals surface area (Å²) in [6, 6.07) is 26.2. The van der Waals surface area contributed by atoms with Crippen LogP contribution in [-0.2, 0) is 12.8 Å². The second kappa shape index (κ2) is 6.10. The Kier molecular flexibility index (Phi) is 3.11. The minimum atomic E-state index is 0.901. The molecule has 0 N–H and O–H groups in total. The third-order valence-corrected chi connectivity index (χ3v) is 7.95. The van der Waals surface area contributed by atoms with E-state index in [1.807, 2.05) is 24.5 Å². The zero-order valence-electron chi connectivity index (χ0n) is 18.8. The first kappa shape index (κ1) is 17.8. The average molecular weight is 447 g/mol. The number of aromatic nitrogens is 4. The van der Waals surface area contributed by atoms with Crippen LogP contribution in [-0.4, -0.2) is 19.4 Å². The Morgan fingerprint density at radius 1 is 0.629 bits per heavy atom. The molecule has 162 valence electrons. The van der Waals surface area contributed by atoms with Crippen molar-refractivity contribution in [3.63, 3.8) is 0 Å². The molecule has 0 atom stereocenters. The predicted octanol–water partition coefficient (Wildman–Crippen LogP) is 6.73. The monoisotopic (exact) mass is 446 g/mol. The molecule has 0 saturated heterocycles. The van der Waals surface area contributed by atoms with Crippen LogP contribution in [0.4, 0.5) is 0 Å². The number of pyridine rings is 3. The zero-order valence-corrected chi connectivity index (χ0v) is 18.8. The van der Waals surface area contributed by atoms with Crippen LogP contribution >= 0.6 is 0 Å². The van der Waals surface area contributed by atoms with Gasteiger partial charge in [0.1, 0.15) is 16.7 Å². The number of nitrogens with zero attached hydrogens (tertiary/aromatic N) is 4. The van der Waals surface area contributed by atoms with Gasteiger partial charge >= 0.3 is 0 Å². The van der Waals surface area contributed by atoms with E-state index in [9.17, 15) is 0 Å². The molecule has 0 radical (unpaired) electrons. The van der Waals surface area contributed by atoms with Crippen molar-refractivity contribution in [2.24, 2.45) is 0 Å². The quantitative estimate of drug-likeness (QED) is 0.243. The average Bonchev–Trinajstić information content (AvgIpc) is 3.59. The molecule has 0 fully saturated rings. The summed E-state index contributed by atoms with van der Waals surface area (Å²) >= 11 is 0. The third-order valence-electron chi connectivity index (χ3n) is 7.95. The molecule has 2 aliphatic rings. The molecule has 0 amide bonds. The van der Waals surface area contributed by atoms with E-state index in [-0.39, 0.29) is 0 Å². The van der Waals surface area contributed by atoms with Gasteiger partial charge in [0.15, 0.2) is 0 Å². The Balaban J connectivity index is 1.44. The van der Waals surface area contributed by atoms with E-state index in [2.05, 4.69) is 70.0 Å². The molecule has 0 bridgehead atoms. The van der Waals surface area contributed by atoms with Crippen molar-refractivity contribution in [1.82, 2.24) is 19.4 Å². The normalized spacial score (nSPS) is 13.5. The van der Waals surface area contributed by atoms with Crippen LogP contribution < -0.4 is 0 Å². The minimum Gasteiger partial charge on any atom is -0.289 e. The number of hydrogen-bond acceptors (Lipinski definition) is 3. The van der Waals surface area contributed by atoms with Gasteiger partial charge in [-0.3, -0.25) is 14.4 Å². The minimum absolute atomic E-state index is 0.901. The van der Waals surface area contributed by atoms with Gasteiger partial charge < -0.3 is 0 Å². The molecule has 0 spiro atoms. The van der Waals surface area contributed by atoms with E-state index in [1.165, 1.54) is 50.0 Å². The fraction of sp³-hybridized carbons (Fsp3) is 0.0645. The van der Waals surface area contributed by atoms with Crippen molar-refractivity contribution in [2.75, 3.05) is 0 Å². The smallest absolute Gasteiger partial charge is 0.148 e. The molecule has 7 aromatic rings. The summed E-state index contributed by atoms with van der Waals surface area (Å²) in [4.78, 5) is 14.6. The van der Waals surface area contributed by atoms with Gasteiger partial charge in [0.2, 0.25) is 0 Å². The zero-order chi connectivity index (χ0) is 22.7. The van der Waals surface area contributed by atoms with Crippen LogP contribution in [0.5, 0.6) is 0 Å². The van der Waals surface area contributed by atoms with Crippen molar-refractivity contribution in [1.29, 1.82) is 0 Å². The molecular weight excluding hydrogens is 428 g/mol. The lowest BCUT2D eigenvalue weighted by Crippen LogP contribution is -1.95. The highest BCUT2D eigenvalue weighted by atomic mass is 15.0. The van der Waals surface area contributed by atoms with Crippen LogP contribution in [0.15, 0.2) is 85.2 Å². The van der Waals surface area contributed by atoms with E-state index >= 15 is 0 Å². The first-order valence-electron chi connectivity index (χ1n) is 12.1. The van der Waals surface area contributed by atoms with E-state index < -0.39 is 0 Å². The fourth-order valence-corrected chi connectivity index (χ4v) is 6.51. The molecule has 9 rings (SSSR count). The lowest BCUT2D eigenvalue weighted by molar-refractivity contribution is 1.16. The van der Waals surface area contributed by atoms with E-state index in [0.29, 0.717) is 0 Å². The second-order valence-corrected chi connectivity index (χ2v) is 9.64. The van der Waals surface area contributed by atoms with Gasteiger partial charge in [-0.15, -0.1) is 0 Å². The number of fused-ring (bicyclic) bond motifs is 16. The SMILES string of the molecule is c1ccc2c(c1)Cc1c-2ccc2c1Cc1ccc3nc4c5cccnc5c5ncccc5n4c3c1-2. The fourth-order valence-electron chi connectivity index (χ4n) is 6.51. The maximum Gasteiger partial charge on any atom is 0.148 e. The van der Waals surface area contributed by atoms with Crippen molar-refractivity contribution in [3.05, 3.63) is 107 Å². The van der Waals surface area contributed by atoms with Gasteiger partial charge in [0.05, 0.1) is 16.6 Å². The van der Waals surface area contributed by atoms with Gasteiger partial charge in [-0.1, -0.05) is 42.5 Å². The molecule has 4 aromatic heterocycles. The number of hydrogen-bond donors (Lipinski definition) is 0. The van der Waals surface area contributed by atoms with Gasteiger partial charge in [0.25, 0.3) is 0 Å². The second-order valence-electron chi connectivity index (χ2n) is 9.64. The number of rotatable bonds is 0. The Morgan fingerprint density at radius 2 is 1.43 bits per heavy atom. The molecular formula is C31H18N4.